The average Bonchev–Trinajstić information content (AvgIpc) is 2.72. The summed E-state index contributed by atoms with van der Waals surface area (Å²) in [4.78, 5) is 22.8. The molecule has 0 unspecified atom stereocenters. The van der Waals surface area contributed by atoms with Crippen molar-refractivity contribution in [1.82, 2.24) is 9.62 Å². The maximum Gasteiger partial charge on any atom is 0.270 e. The average molecular weight is 438 g/mol. The molecule has 0 bridgehead atoms. The van der Waals surface area contributed by atoms with Crippen LogP contribution in [0.4, 0.5) is 5.69 Å². The first-order valence-corrected chi connectivity index (χ1v) is 10.9. The Morgan fingerprint density at radius 1 is 1.17 bits per heavy atom. The van der Waals surface area contributed by atoms with Crippen molar-refractivity contribution < 1.29 is 18.1 Å². The van der Waals surface area contributed by atoms with Gasteiger partial charge in [-0.25, -0.2) is 8.42 Å². The number of non-ortho nitro benzene ring substituents is 1. The van der Waals surface area contributed by atoms with Crippen LogP contribution in [-0.4, -0.2) is 43.2 Å². The largest absolute Gasteiger partial charge is 0.352 e. The van der Waals surface area contributed by atoms with Gasteiger partial charge in [0.1, 0.15) is 0 Å². The molecule has 1 aliphatic rings. The second-order valence-electron chi connectivity index (χ2n) is 6.79. The van der Waals surface area contributed by atoms with Crippen LogP contribution in [-0.2, 0) is 10.0 Å². The third-order valence-corrected chi connectivity index (χ3v) is 7.14. The van der Waals surface area contributed by atoms with Gasteiger partial charge in [0, 0.05) is 31.8 Å². The molecule has 2 aromatic rings. The summed E-state index contributed by atoms with van der Waals surface area (Å²) in [5, 5.41) is 13.6. The topological polar surface area (TPSA) is 110 Å². The predicted octanol–water partition coefficient (Wildman–Crippen LogP) is 3.08. The molecule has 0 radical (unpaired) electrons. The van der Waals surface area contributed by atoms with E-state index in [1.54, 1.807) is 30.3 Å². The van der Waals surface area contributed by atoms with Gasteiger partial charge in [-0.1, -0.05) is 29.8 Å². The molecule has 1 heterocycles. The lowest BCUT2D eigenvalue weighted by Gasteiger charge is -2.31. The Morgan fingerprint density at radius 3 is 2.41 bits per heavy atom. The molecule has 10 heteroatoms. The number of halogens is 1. The maximum atomic E-state index is 12.7. The number of piperidine rings is 1. The highest BCUT2D eigenvalue weighted by Crippen LogP contribution is 2.25. The summed E-state index contributed by atoms with van der Waals surface area (Å²) in [6, 6.07) is 12.0. The molecule has 0 saturated carbocycles. The van der Waals surface area contributed by atoms with Crippen molar-refractivity contribution in [3.8, 4) is 0 Å². The van der Waals surface area contributed by atoms with Crippen LogP contribution >= 0.6 is 11.6 Å². The van der Waals surface area contributed by atoms with Gasteiger partial charge in [-0.05, 0) is 37.0 Å². The van der Waals surface area contributed by atoms with Gasteiger partial charge in [-0.3, -0.25) is 14.9 Å². The van der Waals surface area contributed by atoms with Crippen LogP contribution in [0.5, 0.6) is 0 Å². The highest BCUT2D eigenvalue weighted by molar-refractivity contribution is 7.89. The number of nitro benzene ring substituents is 1. The summed E-state index contributed by atoms with van der Waals surface area (Å²) < 4.78 is 26.8. The number of benzene rings is 2. The van der Waals surface area contributed by atoms with Crippen LogP contribution in [0.25, 0.3) is 0 Å². The van der Waals surface area contributed by atoms with E-state index in [1.807, 2.05) is 0 Å². The zero-order valence-electron chi connectivity index (χ0n) is 15.5. The van der Waals surface area contributed by atoms with E-state index in [1.165, 1.54) is 16.4 Å². The molecule has 3 rings (SSSR count). The fraction of sp³-hybridized carbons (Fsp3) is 0.316. The van der Waals surface area contributed by atoms with Crippen LogP contribution in [0, 0.1) is 16.0 Å². The van der Waals surface area contributed by atoms with Crippen LogP contribution in [0.3, 0.4) is 0 Å². The first-order chi connectivity index (χ1) is 13.8. The number of sulfonamides is 1. The number of hydrogen-bond acceptors (Lipinski definition) is 5. The molecule has 1 amide bonds. The summed E-state index contributed by atoms with van der Waals surface area (Å²) in [6.45, 7) is 1.15. The second-order valence-corrected chi connectivity index (χ2v) is 9.14. The summed E-state index contributed by atoms with van der Waals surface area (Å²) in [6.07, 6.45) is 1.25. The number of nitro groups is 1. The Balaban J connectivity index is 1.54. The Morgan fingerprint density at radius 2 is 1.83 bits per heavy atom. The molecule has 1 saturated heterocycles. The molecule has 0 atom stereocenters. The van der Waals surface area contributed by atoms with Crippen molar-refractivity contribution in [2.75, 3.05) is 19.6 Å². The molecule has 0 spiro atoms. The Kier molecular flexibility index (Phi) is 6.51. The minimum atomic E-state index is -3.50. The zero-order valence-corrected chi connectivity index (χ0v) is 17.0. The van der Waals surface area contributed by atoms with Crippen molar-refractivity contribution in [2.45, 2.75) is 17.7 Å². The predicted molar refractivity (Wildman–Crippen MR) is 108 cm³/mol. The number of carbonyl (C=O) groups is 1. The van der Waals surface area contributed by atoms with Gasteiger partial charge < -0.3 is 5.32 Å². The van der Waals surface area contributed by atoms with E-state index in [9.17, 15) is 23.3 Å². The molecule has 8 nitrogen and oxygen atoms in total. The molecule has 29 heavy (non-hydrogen) atoms. The summed E-state index contributed by atoms with van der Waals surface area (Å²) in [5.74, 6) is -0.276. The van der Waals surface area contributed by atoms with E-state index in [2.05, 4.69) is 5.32 Å². The summed E-state index contributed by atoms with van der Waals surface area (Å²) >= 11 is 5.98. The molecule has 0 aliphatic carbocycles. The minimum absolute atomic E-state index is 0.0143. The first-order valence-electron chi connectivity index (χ1n) is 9.06. The van der Waals surface area contributed by atoms with E-state index in [4.69, 9.17) is 11.6 Å². The van der Waals surface area contributed by atoms with Crippen LogP contribution in [0.2, 0.25) is 5.02 Å². The standard InChI is InChI=1S/C19H20ClN3O5S/c20-18-12-15(23(25)26)6-7-17(18)19(24)21-13-14-8-10-22(11-9-14)29(27,28)16-4-2-1-3-5-16/h1-7,12,14H,8-11,13H2,(H,21,24). The molecule has 154 valence electrons. The van der Waals surface area contributed by atoms with E-state index >= 15 is 0 Å². The lowest BCUT2D eigenvalue weighted by molar-refractivity contribution is -0.384. The second kappa shape index (κ2) is 8.89. The van der Waals surface area contributed by atoms with Crippen molar-refractivity contribution in [2.24, 2.45) is 5.92 Å². The molecule has 2 aromatic carbocycles. The highest BCUT2D eigenvalue weighted by atomic mass is 35.5. The molecule has 1 N–H and O–H groups in total. The minimum Gasteiger partial charge on any atom is -0.352 e. The monoisotopic (exact) mass is 437 g/mol. The summed E-state index contributed by atoms with van der Waals surface area (Å²) in [5.41, 5.74) is -0.0140. The van der Waals surface area contributed by atoms with E-state index in [-0.39, 0.29) is 27.1 Å². The van der Waals surface area contributed by atoms with Crippen LogP contribution in [0.15, 0.2) is 53.4 Å². The number of carbonyl (C=O) groups excluding carboxylic acids is 1. The maximum absolute atomic E-state index is 12.7. The zero-order chi connectivity index (χ0) is 21.0. The van der Waals surface area contributed by atoms with Crippen LogP contribution < -0.4 is 5.32 Å². The van der Waals surface area contributed by atoms with Gasteiger partial charge in [0.05, 0.1) is 20.4 Å². The van der Waals surface area contributed by atoms with Gasteiger partial charge in [0.2, 0.25) is 10.0 Å². The molecule has 1 fully saturated rings. The third-order valence-electron chi connectivity index (χ3n) is 4.91. The number of rotatable bonds is 6. The molecule has 1 aliphatic heterocycles. The van der Waals surface area contributed by atoms with Crippen molar-refractivity contribution in [3.05, 3.63) is 69.2 Å². The highest BCUT2D eigenvalue weighted by Gasteiger charge is 2.29. The van der Waals surface area contributed by atoms with E-state index < -0.39 is 20.9 Å². The Labute approximate surface area is 173 Å². The third kappa shape index (κ3) is 4.92. The lowest BCUT2D eigenvalue weighted by Crippen LogP contribution is -2.41. The molecule has 0 aromatic heterocycles. The fourth-order valence-corrected chi connectivity index (χ4v) is 4.98. The van der Waals surface area contributed by atoms with Gasteiger partial charge in [0.25, 0.3) is 11.6 Å². The van der Waals surface area contributed by atoms with Crippen molar-refractivity contribution in [1.29, 1.82) is 0 Å². The van der Waals surface area contributed by atoms with Crippen molar-refractivity contribution >= 4 is 33.2 Å². The Bertz CT molecular complexity index is 1010. The van der Waals surface area contributed by atoms with Crippen LogP contribution in [0.1, 0.15) is 23.2 Å². The normalized spacial score (nSPS) is 15.8. The van der Waals surface area contributed by atoms with Gasteiger partial charge in [0.15, 0.2) is 0 Å². The SMILES string of the molecule is O=C(NCC1CCN(S(=O)(=O)c2ccccc2)CC1)c1ccc([N+](=O)[O-])cc1Cl. The van der Waals surface area contributed by atoms with E-state index in [0.29, 0.717) is 32.5 Å². The quantitative estimate of drug-likeness (QED) is 0.551. The van der Waals surface area contributed by atoms with Gasteiger partial charge >= 0.3 is 0 Å². The lowest BCUT2D eigenvalue weighted by atomic mass is 9.98. The fourth-order valence-electron chi connectivity index (χ4n) is 3.23. The Hall–Kier alpha value is -2.49. The number of nitrogens with zero attached hydrogens (tertiary/aromatic N) is 2. The summed E-state index contributed by atoms with van der Waals surface area (Å²) in [7, 11) is -3.50. The molecular weight excluding hydrogens is 418 g/mol. The van der Waals surface area contributed by atoms with E-state index in [0.717, 1.165) is 6.07 Å². The smallest absolute Gasteiger partial charge is 0.270 e. The number of hydrogen-bond donors (Lipinski definition) is 1. The van der Waals surface area contributed by atoms with Crippen molar-refractivity contribution in [3.63, 3.8) is 0 Å². The number of amides is 1. The molecular formula is C19H20ClN3O5S. The van der Waals surface area contributed by atoms with Gasteiger partial charge in [-0.15, -0.1) is 0 Å². The first kappa shape index (κ1) is 21.2. The van der Waals surface area contributed by atoms with Gasteiger partial charge in [-0.2, -0.15) is 4.31 Å². The number of nitrogens with one attached hydrogen (secondary N) is 1.